The van der Waals surface area contributed by atoms with E-state index in [2.05, 4.69) is 88.9 Å². The van der Waals surface area contributed by atoms with Crippen molar-refractivity contribution in [1.82, 2.24) is 50.4 Å². The lowest BCUT2D eigenvalue weighted by Gasteiger charge is -2.69. The molecular weight excluding hydrogens is 1350 g/mol. The first-order valence-corrected chi connectivity index (χ1v) is 39.2. The van der Waals surface area contributed by atoms with E-state index in [1.165, 1.54) is 43.4 Å². The summed E-state index contributed by atoms with van der Waals surface area (Å²) in [7, 11) is 2.22. The van der Waals surface area contributed by atoms with Crippen LogP contribution < -0.4 is 20.9 Å². The minimum Gasteiger partial charge on any atom is -0.476 e. The number of likely N-dealkylation sites (tertiary alicyclic amines) is 1. The molecule has 20 nitrogen and oxygen atoms in total. The Bertz CT molecular complexity index is 4050. The number of likely N-dealkylation sites (N-methyl/N-ethyl adjacent to an activating group) is 1. The molecule has 0 radical (unpaired) electrons. The molecule has 2 aliphatic heterocycles. The van der Waals surface area contributed by atoms with Gasteiger partial charge in [0.15, 0.2) is 28.1 Å². The van der Waals surface area contributed by atoms with Crippen molar-refractivity contribution in [3.63, 3.8) is 0 Å². The minimum absolute atomic E-state index is 0.000474. The van der Waals surface area contributed by atoms with Crippen LogP contribution in [0.2, 0.25) is 0 Å². The number of fused-ring (bicyclic) bond motifs is 2. The second-order valence-electron chi connectivity index (χ2n) is 31.8. The van der Waals surface area contributed by atoms with Gasteiger partial charge in [0.2, 0.25) is 11.8 Å². The number of aliphatic hydroxyl groups excluding tert-OH is 1. The molecule has 5 atom stereocenters. The van der Waals surface area contributed by atoms with E-state index < -0.39 is 52.3 Å². The number of thiazole rings is 1. The number of pyridine rings is 1. The molecule has 2 aromatic carbocycles. The highest BCUT2D eigenvalue weighted by atomic mass is 32.2. The molecule has 13 rings (SSSR count). The average molecular weight is 1450 g/mol. The van der Waals surface area contributed by atoms with Crippen molar-refractivity contribution in [2.24, 2.45) is 21.2 Å². The summed E-state index contributed by atoms with van der Waals surface area (Å²) < 4.78 is 24.8. The Hall–Kier alpha value is -6.83. The summed E-state index contributed by atoms with van der Waals surface area (Å²) in [6, 6.07) is 17.3. The second kappa shape index (κ2) is 31.1. The van der Waals surface area contributed by atoms with Crippen LogP contribution in [0.4, 0.5) is 27.0 Å². The summed E-state index contributed by atoms with van der Waals surface area (Å²) >= 11 is 7.69. The number of unbranched alkanes of at least 4 members (excludes halogenated alkanes) is 9. The molecule has 5 aliphatic carbocycles. The number of allylic oxidation sites excluding steroid dienone is 1. The van der Waals surface area contributed by atoms with E-state index in [4.69, 9.17) is 24.9 Å². The summed E-state index contributed by atoms with van der Waals surface area (Å²) in [6.07, 6.45) is 20.9. The largest absolute Gasteiger partial charge is 0.476 e. The van der Waals surface area contributed by atoms with Crippen LogP contribution in [0.15, 0.2) is 77.5 Å². The number of thioether (sulfide) groups is 1. The van der Waals surface area contributed by atoms with Crippen LogP contribution in [0.1, 0.15) is 201 Å². The first-order chi connectivity index (χ1) is 48.7. The average Bonchev–Trinajstić information content (AvgIpc) is 0.773. The van der Waals surface area contributed by atoms with Gasteiger partial charge < -0.3 is 45.6 Å². The fraction of sp³-hybridized carbons (Fsp3) is 0.590. The maximum Gasteiger partial charge on any atom is 0.355 e. The molecule has 6 heterocycles. The Balaban J connectivity index is 0.557. The zero-order chi connectivity index (χ0) is 72.4. The monoisotopic (exact) mass is 1450 g/mol. The van der Waals surface area contributed by atoms with Crippen LogP contribution in [0.25, 0.3) is 26.2 Å². The molecule has 7 aliphatic rings. The standard InChI is InChI=1S/C78H104FN13O7S3/c1-50-56-23-22-35-90(67(56)88-87-66(50)86-72-83-59-24-18-19-25-61(59)102-72)62-31-30-57(63(84-62)70(96)97)58-41-82-92(52(58)3)49-76-44-74(6)43-75(7,45-76)47-77(46-74,48-76)99-37-36-89(9)34-20-16-14-12-10-11-13-15-17-21-38-101-73(4,5)65(85-71(98)78(79)32-33-78)69(95)91-42-55(93)39-60(91)68(94)81-40-53-26-28-54(29-27-53)64(100)51(2)80-8/h18-19,24-31,41,55,60,65,93,100H,8,10-17,20-23,32-40,42-49H2,1-7,9H3,(H,81,94)(H,85,98)(H,96,97)(H,83,86,87)/b64-51-/t55-,60+,65-,74?,75?,76?,77?/m1/s1. The molecule has 548 valence electrons. The van der Waals surface area contributed by atoms with Crippen molar-refractivity contribution in [3.8, 4) is 11.1 Å². The number of carbonyl (C=O) groups excluding carboxylic acids is 3. The van der Waals surface area contributed by atoms with Gasteiger partial charge in [0.25, 0.3) is 5.91 Å². The summed E-state index contributed by atoms with van der Waals surface area (Å²) in [5, 5.41) is 45.8. The van der Waals surface area contributed by atoms with Gasteiger partial charge in [-0.3, -0.25) is 24.1 Å². The van der Waals surface area contributed by atoms with Crippen LogP contribution in [0.3, 0.4) is 0 Å². The van der Waals surface area contributed by atoms with Crippen molar-refractivity contribution < 1.29 is 38.5 Å². The van der Waals surface area contributed by atoms with Gasteiger partial charge in [-0.05, 0) is 189 Å². The number of hydrogen-bond acceptors (Lipinski definition) is 18. The molecule has 2 unspecified atom stereocenters. The minimum atomic E-state index is -1.99. The van der Waals surface area contributed by atoms with Gasteiger partial charge in [-0.15, -0.1) is 22.8 Å². The molecule has 4 bridgehead atoms. The molecular formula is C78H104FN13O7S3. The first kappa shape index (κ1) is 74.9. The van der Waals surface area contributed by atoms with Gasteiger partial charge in [0.05, 0.1) is 40.4 Å². The van der Waals surface area contributed by atoms with E-state index in [1.807, 2.05) is 93.4 Å². The fourth-order valence-corrected chi connectivity index (χ4v) is 20.4. The van der Waals surface area contributed by atoms with Crippen LogP contribution >= 0.6 is 35.7 Å². The van der Waals surface area contributed by atoms with Gasteiger partial charge in [-0.1, -0.05) is 113 Å². The number of aromatic carboxylic acids is 1. The van der Waals surface area contributed by atoms with Crippen LogP contribution in [0.5, 0.6) is 0 Å². The quantitative estimate of drug-likeness (QED) is 0.0125. The smallest absolute Gasteiger partial charge is 0.355 e. The van der Waals surface area contributed by atoms with Gasteiger partial charge in [-0.2, -0.15) is 16.9 Å². The number of rotatable bonds is 34. The van der Waals surface area contributed by atoms with Crippen LogP contribution in [-0.4, -0.2) is 160 Å². The maximum absolute atomic E-state index is 15.2. The predicted octanol–water partition coefficient (Wildman–Crippen LogP) is 14.6. The normalized spacial score (nSPS) is 23.9. The summed E-state index contributed by atoms with van der Waals surface area (Å²) in [5.74, 6) is -0.184. The summed E-state index contributed by atoms with van der Waals surface area (Å²) in [5.41, 5.74) is 5.75. The highest BCUT2D eigenvalue weighted by molar-refractivity contribution is 8.00. The Kier molecular flexibility index (Phi) is 22.8. The van der Waals surface area contributed by atoms with E-state index >= 15 is 4.39 Å². The number of alkyl halides is 1. The topological polar surface area (TPSA) is 246 Å². The molecule has 6 fully saturated rings. The highest BCUT2D eigenvalue weighted by Crippen LogP contribution is 2.72. The second-order valence-corrected chi connectivity index (χ2v) is 35.0. The van der Waals surface area contributed by atoms with E-state index in [-0.39, 0.29) is 59.9 Å². The number of carboxylic acid groups (broad SMARTS) is 1. The van der Waals surface area contributed by atoms with Gasteiger partial charge in [0.1, 0.15) is 17.9 Å². The van der Waals surface area contributed by atoms with E-state index in [0.29, 0.717) is 46.8 Å². The van der Waals surface area contributed by atoms with E-state index in [0.717, 1.165) is 151 Å². The van der Waals surface area contributed by atoms with Gasteiger partial charge >= 0.3 is 5.97 Å². The van der Waals surface area contributed by atoms with Crippen molar-refractivity contribution in [1.29, 1.82) is 0 Å². The predicted molar refractivity (Wildman–Crippen MR) is 408 cm³/mol. The third-order valence-corrected chi connectivity index (χ3v) is 25.5. The zero-order valence-corrected chi connectivity index (χ0v) is 63.4. The Morgan fingerprint density at radius 1 is 0.892 bits per heavy atom. The number of aliphatic imine (C=N–C) groups is 1. The Labute approximate surface area is 614 Å². The number of aromatic nitrogens is 6. The lowest BCUT2D eigenvalue weighted by Crippen LogP contribution is -2.64. The SMILES string of the molecule is C=N/C(C)=C(\S)c1ccc(CNC(=O)[C@@H]2C[C@@H](O)CN2C(=O)[C@@H](NC(=O)C2(F)CC2)C(C)(C)SCCCCCCCCCCCCN(C)CCOC23CC4(C)CC(C)(CC(Cn5ncc(-c6ccc(N7CCCc8c7nnc(Nc7nc9ccccc9s7)c8C)nc6C(=O)O)c5C)(C4)C2)C3)cc1. The molecule has 24 heteroatoms. The number of benzene rings is 2. The molecule has 102 heavy (non-hydrogen) atoms. The number of ether oxygens (including phenoxy) is 1. The zero-order valence-electron chi connectivity index (χ0n) is 60.8. The lowest BCUT2D eigenvalue weighted by molar-refractivity contribution is -0.248. The number of aliphatic hydroxyl groups is 1. The molecule has 0 spiro atoms. The number of hydrogen-bond donors (Lipinski definition) is 6. The Morgan fingerprint density at radius 3 is 2.27 bits per heavy atom. The van der Waals surface area contributed by atoms with Gasteiger partial charge in [-0.25, -0.2) is 19.2 Å². The van der Waals surface area contributed by atoms with Crippen molar-refractivity contribution in [2.45, 2.75) is 231 Å². The molecule has 5 N–H and O–H groups in total. The van der Waals surface area contributed by atoms with Crippen molar-refractivity contribution >= 4 is 104 Å². The van der Waals surface area contributed by atoms with Crippen molar-refractivity contribution in [3.05, 3.63) is 106 Å². The Morgan fingerprint density at radius 2 is 1.59 bits per heavy atom. The number of amides is 3. The highest BCUT2D eigenvalue weighted by Gasteiger charge is 2.66. The van der Waals surface area contributed by atoms with E-state index in [9.17, 15) is 29.4 Å². The van der Waals surface area contributed by atoms with Gasteiger partial charge in [0, 0.05) is 76.7 Å². The number of anilines is 4. The third-order valence-electron chi connectivity index (χ3n) is 22.5. The van der Waals surface area contributed by atoms with Crippen molar-refractivity contribution in [2.75, 3.05) is 55.8 Å². The number of halogens is 1. The molecule has 4 aromatic heterocycles. The van der Waals surface area contributed by atoms with Crippen LogP contribution in [0, 0.1) is 30.1 Å². The number of carbonyl (C=O) groups is 4. The van der Waals surface area contributed by atoms with Crippen LogP contribution in [-0.2, 0) is 38.6 Å². The molecule has 1 saturated heterocycles. The number of thiol groups is 1. The fourth-order valence-electron chi connectivity index (χ4n) is 18.1. The molecule has 5 saturated carbocycles. The first-order valence-electron chi connectivity index (χ1n) is 36.9. The maximum atomic E-state index is 15.2. The summed E-state index contributed by atoms with van der Waals surface area (Å²) in [4.78, 5) is 74.6. The molecule has 6 aromatic rings. The number of para-hydroxylation sites is 1. The number of carboxylic acids is 1. The number of nitrogens with one attached hydrogen (secondary N) is 3. The number of nitrogens with zero attached hydrogens (tertiary/aromatic N) is 10. The van der Waals surface area contributed by atoms with E-state index in [1.54, 1.807) is 23.1 Å². The lowest BCUT2D eigenvalue weighted by atomic mass is 9.39. The molecule has 3 amide bonds. The summed E-state index contributed by atoms with van der Waals surface area (Å²) in [6.45, 7) is 22.4. The third kappa shape index (κ3) is 16.9. The number of β-amino-alcohol motifs (C(OH)–C–C–N with tert-alkyl or cyclic N) is 1.